The second-order valence-corrected chi connectivity index (χ2v) is 7.52. The Balaban J connectivity index is 1.79. The Labute approximate surface area is 174 Å². The van der Waals surface area contributed by atoms with Crippen molar-refractivity contribution in [2.45, 2.75) is 72.3 Å². The van der Waals surface area contributed by atoms with Crippen LogP contribution in [0.3, 0.4) is 0 Å². The van der Waals surface area contributed by atoms with Crippen molar-refractivity contribution in [3.63, 3.8) is 0 Å². The minimum atomic E-state index is -0.177. The predicted octanol–water partition coefficient (Wildman–Crippen LogP) is 2.11. The van der Waals surface area contributed by atoms with Crippen LogP contribution >= 0.6 is 0 Å². The van der Waals surface area contributed by atoms with Gasteiger partial charge in [-0.2, -0.15) is 4.98 Å². The molecule has 0 bridgehead atoms. The van der Waals surface area contributed by atoms with E-state index in [-0.39, 0.29) is 6.10 Å². The fourth-order valence-electron chi connectivity index (χ4n) is 3.20. The number of nitrogens with one attached hydrogen (secondary N) is 2. The van der Waals surface area contributed by atoms with Gasteiger partial charge in [-0.15, -0.1) is 0 Å². The van der Waals surface area contributed by atoms with Crippen LogP contribution in [0.4, 0.5) is 0 Å². The fourth-order valence-corrected chi connectivity index (χ4v) is 3.20. The highest BCUT2D eigenvalue weighted by Crippen LogP contribution is 2.13. The third-order valence-corrected chi connectivity index (χ3v) is 4.77. The largest absolute Gasteiger partial charge is 0.377 e. The van der Waals surface area contributed by atoms with E-state index in [0.717, 1.165) is 51.6 Å². The van der Waals surface area contributed by atoms with E-state index in [9.17, 15) is 0 Å². The third-order valence-electron chi connectivity index (χ3n) is 4.77. The Morgan fingerprint density at radius 1 is 1.24 bits per heavy atom. The van der Waals surface area contributed by atoms with Gasteiger partial charge in [0.05, 0.1) is 12.7 Å². The molecule has 1 unspecified atom stereocenters. The van der Waals surface area contributed by atoms with E-state index in [1.54, 1.807) is 0 Å². The van der Waals surface area contributed by atoms with Crippen LogP contribution in [-0.4, -0.2) is 72.5 Å². The summed E-state index contributed by atoms with van der Waals surface area (Å²) >= 11 is 0. The maximum Gasteiger partial charge on any atom is 0.248 e. The van der Waals surface area contributed by atoms with Crippen LogP contribution in [-0.2, 0) is 16.0 Å². The van der Waals surface area contributed by atoms with Gasteiger partial charge in [-0.25, -0.2) is 4.99 Å². The zero-order valence-electron chi connectivity index (χ0n) is 18.6. The second kappa shape index (κ2) is 12.8. The van der Waals surface area contributed by atoms with Crippen molar-refractivity contribution in [2.75, 3.05) is 39.4 Å². The normalized spacial score (nSPS) is 17.7. The Bertz CT molecular complexity index is 599. The molecule has 2 heterocycles. The van der Waals surface area contributed by atoms with Crippen LogP contribution in [0.15, 0.2) is 9.52 Å². The van der Waals surface area contributed by atoms with Crippen molar-refractivity contribution < 1.29 is 14.0 Å². The van der Waals surface area contributed by atoms with Crippen molar-refractivity contribution in [1.82, 2.24) is 25.7 Å². The molecule has 2 rings (SSSR count). The average molecular weight is 411 g/mol. The van der Waals surface area contributed by atoms with Crippen LogP contribution in [0.5, 0.6) is 0 Å². The Morgan fingerprint density at radius 2 is 2.00 bits per heavy atom. The monoisotopic (exact) mass is 410 g/mol. The van der Waals surface area contributed by atoms with Gasteiger partial charge in [-0.05, 0) is 47.5 Å². The van der Waals surface area contributed by atoms with E-state index >= 15 is 0 Å². The standard InChI is InChI=1S/C20H38N6O3/c1-6-21-20(22-14-18-24-19(25-29-18)16(5)27-7-2)23-17-8-10-26(11-9-17)12-13-28-15(3)4/h15-17H,6-14H2,1-5H3,(H2,21,22,23). The highest BCUT2D eigenvalue weighted by Gasteiger charge is 2.20. The van der Waals surface area contributed by atoms with Crippen LogP contribution in [0.2, 0.25) is 0 Å². The predicted molar refractivity (Wildman–Crippen MR) is 113 cm³/mol. The van der Waals surface area contributed by atoms with Gasteiger partial charge in [0.2, 0.25) is 5.89 Å². The molecule has 166 valence electrons. The van der Waals surface area contributed by atoms with Crippen LogP contribution in [0, 0.1) is 0 Å². The van der Waals surface area contributed by atoms with Crippen LogP contribution in [0.1, 0.15) is 65.3 Å². The Kier molecular flexibility index (Phi) is 10.4. The highest BCUT2D eigenvalue weighted by molar-refractivity contribution is 5.80. The fraction of sp³-hybridized carbons (Fsp3) is 0.850. The summed E-state index contributed by atoms with van der Waals surface area (Å²) in [4.78, 5) is 11.4. The van der Waals surface area contributed by atoms with Crippen molar-refractivity contribution in [1.29, 1.82) is 0 Å². The van der Waals surface area contributed by atoms with Gasteiger partial charge in [0.25, 0.3) is 0 Å². The molecule has 0 radical (unpaired) electrons. The number of piperidine rings is 1. The van der Waals surface area contributed by atoms with E-state index < -0.39 is 0 Å². The first-order chi connectivity index (χ1) is 14.0. The summed E-state index contributed by atoms with van der Waals surface area (Å²) in [6.45, 7) is 15.8. The van der Waals surface area contributed by atoms with Crippen LogP contribution in [0.25, 0.3) is 0 Å². The van der Waals surface area contributed by atoms with E-state index in [1.807, 2.05) is 13.8 Å². The summed E-state index contributed by atoms with van der Waals surface area (Å²) in [6.07, 6.45) is 2.29. The van der Waals surface area contributed by atoms with Gasteiger partial charge < -0.3 is 29.5 Å². The van der Waals surface area contributed by atoms with Gasteiger partial charge >= 0.3 is 0 Å². The molecule has 0 aromatic carbocycles. The van der Waals surface area contributed by atoms with Crippen molar-refractivity contribution in [3.8, 4) is 0 Å². The number of nitrogens with zero attached hydrogens (tertiary/aromatic N) is 4. The van der Waals surface area contributed by atoms with E-state index in [1.165, 1.54) is 0 Å². The average Bonchev–Trinajstić information content (AvgIpc) is 3.17. The molecule has 29 heavy (non-hydrogen) atoms. The molecule has 9 nitrogen and oxygen atoms in total. The lowest BCUT2D eigenvalue weighted by Gasteiger charge is -2.33. The summed E-state index contributed by atoms with van der Waals surface area (Å²) in [5.41, 5.74) is 0. The topological polar surface area (TPSA) is 97.0 Å². The molecule has 1 fully saturated rings. The van der Waals surface area contributed by atoms with Gasteiger partial charge in [0, 0.05) is 38.8 Å². The molecule has 1 aromatic rings. The molecule has 2 N–H and O–H groups in total. The van der Waals surface area contributed by atoms with Gasteiger partial charge in [0.1, 0.15) is 12.6 Å². The minimum absolute atomic E-state index is 0.177. The molecular formula is C20H38N6O3. The van der Waals surface area contributed by atoms with Gasteiger partial charge in [0.15, 0.2) is 11.8 Å². The zero-order chi connectivity index (χ0) is 21.1. The minimum Gasteiger partial charge on any atom is -0.377 e. The maximum atomic E-state index is 5.66. The number of aliphatic imine (C=N–C) groups is 1. The molecule has 1 atom stereocenters. The number of likely N-dealkylation sites (tertiary alicyclic amines) is 1. The highest BCUT2D eigenvalue weighted by atomic mass is 16.5. The SMILES string of the molecule is CCNC(=NCc1nc(C(C)OCC)no1)NC1CCN(CCOC(C)C)CC1. The summed E-state index contributed by atoms with van der Waals surface area (Å²) < 4.78 is 16.4. The number of hydrogen-bond donors (Lipinski definition) is 2. The number of guanidine groups is 1. The zero-order valence-corrected chi connectivity index (χ0v) is 18.6. The smallest absolute Gasteiger partial charge is 0.248 e. The first-order valence-electron chi connectivity index (χ1n) is 10.8. The van der Waals surface area contributed by atoms with Crippen molar-refractivity contribution in [3.05, 3.63) is 11.7 Å². The Morgan fingerprint density at radius 3 is 2.66 bits per heavy atom. The molecule has 9 heteroatoms. The summed E-state index contributed by atoms with van der Waals surface area (Å²) in [7, 11) is 0. The lowest BCUT2D eigenvalue weighted by molar-refractivity contribution is 0.0532. The number of rotatable bonds is 11. The van der Waals surface area contributed by atoms with Gasteiger partial charge in [-0.1, -0.05) is 5.16 Å². The number of hydrogen-bond acceptors (Lipinski definition) is 7. The first kappa shape index (κ1) is 23.6. The first-order valence-corrected chi connectivity index (χ1v) is 10.8. The van der Waals surface area contributed by atoms with Crippen molar-refractivity contribution in [2.24, 2.45) is 4.99 Å². The summed E-state index contributed by atoms with van der Waals surface area (Å²) in [6, 6.07) is 0.409. The number of ether oxygens (including phenoxy) is 2. The quantitative estimate of drug-likeness (QED) is 0.423. The summed E-state index contributed by atoms with van der Waals surface area (Å²) in [5, 5.41) is 10.8. The van der Waals surface area contributed by atoms with E-state index in [0.29, 0.717) is 37.0 Å². The molecular weight excluding hydrogens is 372 g/mol. The maximum absolute atomic E-state index is 5.66. The lowest BCUT2D eigenvalue weighted by Crippen LogP contribution is -2.49. The molecule has 1 aromatic heterocycles. The Hall–Kier alpha value is -1.71. The lowest BCUT2D eigenvalue weighted by atomic mass is 10.1. The van der Waals surface area contributed by atoms with Gasteiger partial charge in [-0.3, -0.25) is 0 Å². The molecule has 0 amide bonds. The summed E-state index contributed by atoms with van der Waals surface area (Å²) in [5.74, 6) is 1.83. The van der Waals surface area contributed by atoms with E-state index in [2.05, 4.69) is 51.4 Å². The van der Waals surface area contributed by atoms with Crippen molar-refractivity contribution >= 4 is 5.96 Å². The van der Waals surface area contributed by atoms with Crippen LogP contribution < -0.4 is 10.6 Å². The molecule has 1 saturated heterocycles. The molecule has 1 aliphatic heterocycles. The van der Waals surface area contributed by atoms with E-state index in [4.69, 9.17) is 14.0 Å². The molecule has 0 spiro atoms. The second-order valence-electron chi connectivity index (χ2n) is 7.52. The molecule has 0 saturated carbocycles. The third kappa shape index (κ3) is 8.67. The number of aromatic nitrogens is 2. The molecule has 1 aliphatic rings. The molecule has 0 aliphatic carbocycles.